The Morgan fingerprint density at radius 3 is 2.86 bits per heavy atom. The summed E-state index contributed by atoms with van der Waals surface area (Å²) < 4.78 is 26.4. The van der Waals surface area contributed by atoms with Gasteiger partial charge in [0.05, 0.1) is 6.26 Å². The standard InChI is InChI=1S/C7H10N2O3S2/c1-14(10,11)12-6-4-9(5-6)7-8-2-3-13-7/h2-3,6H,4-5H2,1H3. The van der Waals surface area contributed by atoms with Gasteiger partial charge in [0.15, 0.2) is 5.13 Å². The fraction of sp³-hybridized carbons (Fsp3) is 0.571. The number of rotatable bonds is 3. The van der Waals surface area contributed by atoms with Crippen LogP contribution in [-0.2, 0) is 14.3 Å². The average Bonchev–Trinajstić information content (AvgIpc) is 2.45. The maximum atomic E-state index is 10.8. The summed E-state index contributed by atoms with van der Waals surface area (Å²) in [6, 6.07) is 0. The van der Waals surface area contributed by atoms with Gasteiger partial charge in [-0.15, -0.1) is 11.3 Å². The van der Waals surface area contributed by atoms with Crippen molar-refractivity contribution in [2.45, 2.75) is 6.10 Å². The first kappa shape index (κ1) is 9.88. The Balaban J connectivity index is 1.86. The summed E-state index contributed by atoms with van der Waals surface area (Å²) in [4.78, 5) is 6.10. The van der Waals surface area contributed by atoms with E-state index in [9.17, 15) is 8.42 Å². The third kappa shape index (κ3) is 2.23. The molecule has 2 heterocycles. The molecule has 1 saturated heterocycles. The number of thiazole rings is 1. The monoisotopic (exact) mass is 234 g/mol. The first-order chi connectivity index (χ1) is 6.54. The predicted molar refractivity (Wildman–Crippen MR) is 54.0 cm³/mol. The van der Waals surface area contributed by atoms with E-state index >= 15 is 0 Å². The lowest BCUT2D eigenvalue weighted by atomic mass is 10.2. The van der Waals surface area contributed by atoms with Crippen molar-refractivity contribution >= 4 is 26.6 Å². The average molecular weight is 234 g/mol. The molecular weight excluding hydrogens is 224 g/mol. The first-order valence-electron chi connectivity index (χ1n) is 4.07. The highest BCUT2D eigenvalue weighted by molar-refractivity contribution is 7.86. The van der Waals surface area contributed by atoms with Crippen LogP contribution < -0.4 is 4.90 Å². The Kier molecular flexibility index (Phi) is 2.46. The minimum atomic E-state index is -3.32. The number of aromatic nitrogens is 1. The van der Waals surface area contributed by atoms with Crippen LogP contribution in [0.2, 0.25) is 0 Å². The second kappa shape index (κ2) is 3.48. The molecule has 2 rings (SSSR count). The van der Waals surface area contributed by atoms with Crippen LogP contribution in [0.3, 0.4) is 0 Å². The Morgan fingerprint density at radius 1 is 1.64 bits per heavy atom. The zero-order valence-corrected chi connectivity index (χ0v) is 9.21. The van der Waals surface area contributed by atoms with Gasteiger partial charge in [0, 0.05) is 24.7 Å². The third-order valence-corrected chi connectivity index (χ3v) is 3.30. The van der Waals surface area contributed by atoms with Crippen molar-refractivity contribution in [1.82, 2.24) is 4.98 Å². The summed E-state index contributed by atoms with van der Waals surface area (Å²) in [5.41, 5.74) is 0. The summed E-state index contributed by atoms with van der Waals surface area (Å²) in [6.07, 6.45) is 2.58. The van der Waals surface area contributed by atoms with Gasteiger partial charge in [-0.25, -0.2) is 4.98 Å². The Morgan fingerprint density at radius 2 is 2.36 bits per heavy atom. The molecule has 0 aliphatic carbocycles. The summed E-state index contributed by atoms with van der Waals surface area (Å²) in [6.45, 7) is 1.20. The molecule has 0 amide bonds. The number of hydrogen-bond acceptors (Lipinski definition) is 6. The molecule has 0 aromatic carbocycles. The molecule has 1 aromatic heterocycles. The van der Waals surface area contributed by atoms with Gasteiger partial charge in [0.1, 0.15) is 6.10 Å². The molecular formula is C7H10N2O3S2. The lowest BCUT2D eigenvalue weighted by Gasteiger charge is -2.37. The van der Waals surface area contributed by atoms with E-state index in [4.69, 9.17) is 4.18 Å². The van der Waals surface area contributed by atoms with Gasteiger partial charge in [0.2, 0.25) is 0 Å². The van der Waals surface area contributed by atoms with Crippen molar-refractivity contribution in [3.8, 4) is 0 Å². The van der Waals surface area contributed by atoms with Gasteiger partial charge in [-0.2, -0.15) is 8.42 Å². The van der Waals surface area contributed by atoms with Crippen molar-refractivity contribution in [2.75, 3.05) is 24.2 Å². The Bertz CT molecular complexity index is 395. The molecule has 0 atom stereocenters. The van der Waals surface area contributed by atoms with Gasteiger partial charge in [-0.3, -0.25) is 4.18 Å². The molecule has 0 unspecified atom stereocenters. The van der Waals surface area contributed by atoms with Crippen LogP contribution in [0.1, 0.15) is 0 Å². The molecule has 1 aliphatic heterocycles. The maximum absolute atomic E-state index is 10.8. The summed E-state index contributed by atoms with van der Waals surface area (Å²) >= 11 is 1.54. The SMILES string of the molecule is CS(=O)(=O)OC1CN(c2nccs2)C1. The molecule has 7 heteroatoms. The van der Waals surface area contributed by atoms with Crippen LogP contribution in [0.4, 0.5) is 5.13 Å². The third-order valence-electron chi connectivity index (χ3n) is 1.85. The van der Waals surface area contributed by atoms with Crippen LogP contribution in [-0.4, -0.2) is 38.9 Å². The van der Waals surface area contributed by atoms with E-state index in [0.29, 0.717) is 13.1 Å². The molecule has 1 fully saturated rings. The van der Waals surface area contributed by atoms with E-state index < -0.39 is 10.1 Å². The normalized spacial score (nSPS) is 18.2. The summed E-state index contributed by atoms with van der Waals surface area (Å²) in [5.74, 6) is 0. The fourth-order valence-corrected chi connectivity index (χ4v) is 2.55. The largest absolute Gasteiger partial charge is 0.343 e. The van der Waals surface area contributed by atoms with Crippen molar-refractivity contribution < 1.29 is 12.6 Å². The van der Waals surface area contributed by atoms with Gasteiger partial charge in [0.25, 0.3) is 10.1 Å². The summed E-state index contributed by atoms with van der Waals surface area (Å²) in [5, 5.41) is 2.80. The molecule has 0 radical (unpaired) electrons. The predicted octanol–water partition coefficient (Wildman–Crippen LogP) is 0.308. The van der Waals surface area contributed by atoms with Crippen molar-refractivity contribution in [2.24, 2.45) is 0 Å². The topological polar surface area (TPSA) is 59.5 Å². The van der Waals surface area contributed by atoms with Crippen molar-refractivity contribution in [1.29, 1.82) is 0 Å². The number of nitrogens with zero attached hydrogens (tertiary/aromatic N) is 2. The minimum absolute atomic E-state index is 0.214. The highest BCUT2D eigenvalue weighted by Gasteiger charge is 2.31. The van der Waals surface area contributed by atoms with Crippen molar-refractivity contribution in [3.63, 3.8) is 0 Å². The van der Waals surface area contributed by atoms with Crippen LogP contribution in [0, 0.1) is 0 Å². The van der Waals surface area contributed by atoms with E-state index in [-0.39, 0.29) is 6.10 Å². The Hall–Kier alpha value is -0.660. The lowest BCUT2D eigenvalue weighted by Crippen LogP contribution is -2.52. The van der Waals surface area contributed by atoms with E-state index in [1.165, 1.54) is 11.3 Å². The molecule has 14 heavy (non-hydrogen) atoms. The zero-order chi connectivity index (χ0) is 10.2. The van der Waals surface area contributed by atoms with Crippen LogP contribution in [0.15, 0.2) is 11.6 Å². The van der Waals surface area contributed by atoms with E-state index in [0.717, 1.165) is 11.4 Å². The van der Waals surface area contributed by atoms with E-state index in [2.05, 4.69) is 4.98 Å². The first-order valence-corrected chi connectivity index (χ1v) is 6.77. The van der Waals surface area contributed by atoms with Crippen molar-refractivity contribution in [3.05, 3.63) is 11.6 Å². The highest BCUT2D eigenvalue weighted by atomic mass is 32.2. The molecule has 0 bridgehead atoms. The van der Waals surface area contributed by atoms with E-state index in [1.54, 1.807) is 6.20 Å². The minimum Gasteiger partial charge on any atom is -0.343 e. The number of anilines is 1. The van der Waals surface area contributed by atoms with Crippen LogP contribution in [0.5, 0.6) is 0 Å². The van der Waals surface area contributed by atoms with Gasteiger partial charge < -0.3 is 4.90 Å². The molecule has 0 N–H and O–H groups in total. The van der Waals surface area contributed by atoms with E-state index in [1.807, 2.05) is 10.3 Å². The quantitative estimate of drug-likeness (QED) is 0.704. The molecule has 0 saturated carbocycles. The van der Waals surface area contributed by atoms with Gasteiger partial charge >= 0.3 is 0 Å². The molecule has 78 valence electrons. The van der Waals surface area contributed by atoms with Crippen LogP contribution in [0.25, 0.3) is 0 Å². The smallest absolute Gasteiger partial charge is 0.264 e. The van der Waals surface area contributed by atoms with Gasteiger partial charge in [-0.1, -0.05) is 0 Å². The fourth-order valence-electron chi connectivity index (χ4n) is 1.27. The molecule has 5 nitrogen and oxygen atoms in total. The van der Waals surface area contributed by atoms with Gasteiger partial charge in [-0.05, 0) is 0 Å². The Labute approximate surface area is 86.5 Å². The lowest BCUT2D eigenvalue weighted by molar-refractivity contribution is 0.177. The maximum Gasteiger partial charge on any atom is 0.264 e. The molecule has 1 aromatic rings. The van der Waals surface area contributed by atoms with Crippen LogP contribution >= 0.6 is 11.3 Å². The number of hydrogen-bond donors (Lipinski definition) is 0. The molecule has 1 aliphatic rings. The second-order valence-electron chi connectivity index (χ2n) is 3.14. The second-order valence-corrected chi connectivity index (χ2v) is 5.62. The zero-order valence-electron chi connectivity index (χ0n) is 7.58. The molecule has 0 spiro atoms. The highest BCUT2D eigenvalue weighted by Crippen LogP contribution is 2.24. The summed E-state index contributed by atoms with van der Waals surface area (Å²) in [7, 11) is -3.32.